The van der Waals surface area contributed by atoms with E-state index in [1.165, 1.54) is 18.5 Å². The van der Waals surface area contributed by atoms with Crippen LogP contribution in [-0.4, -0.2) is 36.9 Å². The topological polar surface area (TPSA) is 74.7 Å². The lowest BCUT2D eigenvalue weighted by molar-refractivity contribution is 0.0698. The summed E-state index contributed by atoms with van der Waals surface area (Å²) >= 11 is 0.908. The molecule has 0 radical (unpaired) electrons. The van der Waals surface area contributed by atoms with Crippen molar-refractivity contribution in [3.8, 4) is 0 Å². The first-order valence-electron chi connectivity index (χ1n) is 4.57. The van der Waals surface area contributed by atoms with Gasteiger partial charge in [0.15, 0.2) is 0 Å². The van der Waals surface area contributed by atoms with Crippen LogP contribution in [0, 0.1) is 0 Å². The number of hydrogen-bond acceptors (Lipinski definition) is 4. The Balaban J connectivity index is 3.28. The standard InChI is InChI=1S/C9H13NO4S2/c1-6(2)10(3)16(13,14)7-4-5-15-8(7)9(11)12/h4-6H,1-3H3,(H,11,12). The molecular formula is C9H13NO4S2. The summed E-state index contributed by atoms with van der Waals surface area (Å²) in [5.41, 5.74) is 0. The second-order valence-electron chi connectivity index (χ2n) is 3.53. The highest BCUT2D eigenvalue weighted by atomic mass is 32.2. The molecule has 0 amide bonds. The maximum Gasteiger partial charge on any atom is 0.347 e. The van der Waals surface area contributed by atoms with E-state index in [2.05, 4.69) is 0 Å². The molecule has 0 aliphatic heterocycles. The molecule has 0 aromatic carbocycles. The van der Waals surface area contributed by atoms with Gasteiger partial charge in [0.1, 0.15) is 9.77 Å². The van der Waals surface area contributed by atoms with Crippen molar-refractivity contribution in [3.63, 3.8) is 0 Å². The van der Waals surface area contributed by atoms with Crippen molar-refractivity contribution in [1.82, 2.24) is 4.31 Å². The molecule has 1 aromatic rings. The van der Waals surface area contributed by atoms with Gasteiger partial charge in [0.05, 0.1) is 0 Å². The highest BCUT2D eigenvalue weighted by molar-refractivity contribution is 7.89. The third-order valence-electron chi connectivity index (χ3n) is 2.21. The van der Waals surface area contributed by atoms with Crippen LogP contribution in [0.3, 0.4) is 0 Å². The average Bonchev–Trinajstić information content (AvgIpc) is 2.65. The van der Waals surface area contributed by atoms with E-state index >= 15 is 0 Å². The highest BCUT2D eigenvalue weighted by Crippen LogP contribution is 2.25. The fraction of sp³-hybridized carbons (Fsp3) is 0.444. The van der Waals surface area contributed by atoms with Gasteiger partial charge in [-0.2, -0.15) is 4.31 Å². The Morgan fingerprint density at radius 2 is 2.06 bits per heavy atom. The molecule has 16 heavy (non-hydrogen) atoms. The molecule has 0 bridgehead atoms. The number of aromatic carboxylic acids is 1. The summed E-state index contributed by atoms with van der Waals surface area (Å²) in [6.45, 7) is 3.45. The minimum atomic E-state index is -3.71. The molecule has 90 valence electrons. The van der Waals surface area contributed by atoms with Gasteiger partial charge < -0.3 is 5.11 Å². The van der Waals surface area contributed by atoms with Gasteiger partial charge in [-0.3, -0.25) is 0 Å². The molecule has 0 saturated carbocycles. The fourth-order valence-electron chi connectivity index (χ4n) is 1.09. The van der Waals surface area contributed by atoms with E-state index in [9.17, 15) is 13.2 Å². The molecule has 1 rings (SSSR count). The van der Waals surface area contributed by atoms with Crippen molar-refractivity contribution < 1.29 is 18.3 Å². The SMILES string of the molecule is CC(C)N(C)S(=O)(=O)c1ccsc1C(=O)O. The second kappa shape index (κ2) is 4.52. The number of nitrogens with zero attached hydrogens (tertiary/aromatic N) is 1. The summed E-state index contributed by atoms with van der Waals surface area (Å²) in [4.78, 5) is 10.6. The van der Waals surface area contributed by atoms with Crippen LogP contribution in [-0.2, 0) is 10.0 Å². The minimum absolute atomic E-state index is 0.138. The molecule has 1 aromatic heterocycles. The van der Waals surface area contributed by atoms with Crippen LogP contribution in [0.15, 0.2) is 16.3 Å². The summed E-state index contributed by atoms with van der Waals surface area (Å²) < 4.78 is 25.2. The summed E-state index contributed by atoms with van der Waals surface area (Å²) in [5.74, 6) is -1.22. The molecule has 5 nitrogen and oxygen atoms in total. The summed E-state index contributed by atoms with van der Waals surface area (Å²) in [5, 5.41) is 10.3. The first-order chi connectivity index (χ1) is 7.28. The molecule has 0 atom stereocenters. The Bertz CT molecular complexity index is 489. The zero-order valence-electron chi connectivity index (χ0n) is 9.17. The van der Waals surface area contributed by atoms with Crippen LogP contribution in [0.25, 0.3) is 0 Å². The van der Waals surface area contributed by atoms with Gasteiger partial charge in [0.25, 0.3) is 0 Å². The van der Waals surface area contributed by atoms with Crippen LogP contribution in [0.4, 0.5) is 0 Å². The van der Waals surface area contributed by atoms with Crippen LogP contribution in [0.2, 0.25) is 0 Å². The lowest BCUT2D eigenvalue weighted by Gasteiger charge is -2.20. The number of carboxylic acids is 1. The predicted molar refractivity (Wildman–Crippen MR) is 61.4 cm³/mol. The normalized spacial score (nSPS) is 12.3. The van der Waals surface area contributed by atoms with Gasteiger partial charge in [0.2, 0.25) is 10.0 Å². The van der Waals surface area contributed by atoms with Gasteiger partial charge >= 0.3 is 5.97 Å². The third-order valence-corrected chi connectivity index (χ3v) is 5.32. The predicted octanol–water partition coefficient (Wildman–Crippen LogP) is 1.48. The van der Waals surface area contributed by atoms with E-state index < -0.39 is 16.0 Å². The zero-order chi connectivity index (χ0) is 12.5. The largest absolute Gasteiger partial charge is 0.477 e. The van der Waals surface area contributed by atoms with Gasteiger partial charge in [-0.15, -0.1) is 11.3 Å². The average molecular weight is 263 g/mol. The number of carbonyl (C=O) groups is 1. The van der Waals surface area contributed by atoms with Crippen molar-refractivity contribution in [2.75, 3.05) is 7.05 Å². The molecule has 1 heterocycles. The second-order valence-corrected chi connectivity index (χ2v) is 6.42. The summed E-state index contributed by atoms with van der Waals surface area (Å²) in [6, 6.07) is 1.11. The quantitative estimate of drug-likeness (QED) is 0.892. The number of sulfonamides is 1. The van der Waals surface area contributed by atoms with Crippen LogP contribution in [0.1, 0.15) is 23.5 Å². The first kappa shape index (κ1) is 13.1. The van der Waals surface area contributed by atoms with Crippen LogP contribution >= 0.6 is 11.3 Å². The minimum Gasteiger partial charge on any atom is -0.477 e. The van der Waals surface area contributed by atoms with Crippen LogP contribution in [0.5, 0.6) is 0 Å². The van der Waals surface area contributed by atoms with E-state index in [1.54, 1.807) is 13.8 Å². The first-order valence-corrected chi connectivity index (χ1v) is 6.89. The van der Waals surface area contributed by atoms with E-state index in [4.69, 9.17) is 5.11 Å². The Kier molecular flexibility index (Phi) is 3.72. The Hall–Kier alpha value is -0.920. The van der Waals surface area contributed by atoms with Crippen molar-refractivity contribution in [3.05, 3.63) is 16.3 Å². The zero-order valence-corrected chi connectivity index (χ0v) is 10.8. The van der Waals surface area contributed by atoms with Crippen LogP contribution < -0.4 is 0 Å². The van der Waals surface area contributed by atoms with E-state index in [1.807, 2.05) is 0 Å². The Labute approximate surface area is 98.4 Å². The van der Waals surface area contributed by atoms with Crippen molar-refractivity contribution >= 4 is 27.3 Å². The van der Waals surface area contributed by atoms with Gasteiger partial charge in [0, 0.05) is 13.1 Å². The number of rotatable bonds is 4. The fourth-order valence-corrected chi connectivity index (χ4v) is 3.69. The summed E-state index contributed by atoms with van der Waals surface area (Å²) in [7, 11) is -2.27. The van der Waals surface area contributed by atoms with E-state index in [0.29, 0.717) is 0 Å². The van der Waals surface area contributed by atoms with Crippen molar-refractivity contribution in [2.24, 2.45) is 0 Å². The van der Waals surface area contributed by atoms with Crippen molar-refractivity contribution in [2.45, 2.75) is 24.8 Å². The molecule has 0 aliphatic rings. The van der Waals surface area contributed by atoms with E-state index in [0.717, 1.165) is 15.6 Å². The van der Waals surface area contributed by atoms with Gasteiger partial charge in [-0.25, -0.2) is 13.2 Å². The number of hydrogen-bond donors (Lipinski definition) is 1. The Morgan fingerprint density at radius 1 is 1.50 bits per heavy atom. The molecule has 0 spiro atoms. The maximum absolute atomic E-state index is 12.0. The van der Waals surface area contributed by atoms with Crippen molar-refractivity contribution in [1.29, 1.82) is 0 Å². The lowest BCUT2D eigenvalue weighted by atomic mass is 10.4. The monoisotopic (exact) mass is 263 g/mol. The molecule has 0 aliphatic carbocycles. The molecule has 0 saturated heterocycles. The maximum atomic E-state index is 12.0. The Morgan fingerprint density at radius 3 is 2.50 bits per heavy atom. The molecule has 1 N–H and O–H groups in total. The molecule has 0 fully saturated rings. The smallest absolute Gasteiger partial charge is 0.347 e. The molecule has 0 unspecified atom stereocenters. The molecule has 7 heteroatoms. The number of thiophene rings is 1. The van der Waals surface area contributed by atoms with Gasteiger partial charge in [-0.05, 0) is 25.3 Å². The third kappa shape index (κ3) is 2.26. The number of carboxylic acid groups (broad SMARTS) is 1. The molecular weight excluding hydrogens is 250 g/mol. The summed E-state index contributed by atoms with van der Waals surface area (Å²) in [6.07, 6.45) is 0. The van der Waals surface area contributed by atoms with Gasteiger partial charge in [-0.1, -0.05) is 0 Å². The highest BCUT2D eigenvalue weighted by Gasteiger charge is 2.28. The van der Waals surface area contributed by atoms with E-state index in [-0.39, 0.29) is 15.8 Å². The lowest BCUT2D eigenvalue weighted by Crippen LogP contribution is -2.33.